The van der Waals surface area contributed by atoms with Gasteiger partial charge in [-0.3, -0.25) is 0 Å². The van der Waals surface area contributed by atoms with Crippen molar-refractivity contribution in [1.82, 2.24) is 10.1 Å². The van der Waals surface area contributed by atoms with Crippen LogP contribution in [-0.4, -0.2) is 23.8 Å². The first kappa shape index (κ1) is 11.9. The van der Waals surface area contributed by atoms with Crippen LogP contribution in [0.3, 0.4) is 0 Å². The number of hydrogen-bond donors (Lipinski definition) is 1. The highest BCUT2D eigenvalue weighted by Crippen LogP contribution is 2.43. The standard InChI is InChI=1S/C15H17N3O2/c1-19-15(7-4-8-15)14-17-13(20-18-14)11-9-16-12-6-3-2-5-10(11)12/h2-3,5-6,11,16H,4,7-9H2,1H3. The molecule has 4 rings (SSSR count). The number of fused-ring (bicyclic) bond motifs is 1. The fourth-order valence-corrected chi connectivity index (χ4v) is 3.08. The highest BCUT2D eigenvalue weighted by atomic mass is 16.5. The summed E-state index contributed by atoms with van der Waals surface area (Å²) in [6.07, 6.45) is 3.11. The Labute approximate surface area is 117 Å². The van der Waals surface area contributed by atoms with E-state index in [1.54, 1.807) is 7.11 Å². The number of methoxy groups -OCH3 is 1. The molecule has 1 aliphatic carbocycles. The molecule has 1 atom stereocenters. The van der Waals surface area contributed by atoms with Crippen molar-refractivity contribution in [3.63, 3.8) is 0 Å². The normalized spacial score (nSPS) is 22.9. The lowest BCUT2D eigenvalue weighted by Gasteiger charge is -2.37. The number of hydrogen-bond acceptors (Lipinski definition) is 5. The number of benzene rings is 1. The Hall–Kier alpha value is -1.88. The third-order valence-corrected chi connectivity index (χ3v) is 4.53. The average Bonchev–Trinajstić information content (AvgIpc) is 3.04. The number of nitrogens with zero attached hydrogens (tertiary/aromatic N) is 2. The molecule has 1 aromatic carbocycles. The summed E-state index contributed by atoms with van der Waals surface area (Å²) >= 11 is 0. The summed E-state index contributed by atoms with van der Waals surface area (Å²) < 4.78 is 11.1. The molecule has 2 heterocycles. The highest BCUT2D eigenvalue weighted by molar-refractivity contribution is 5.59. The SMILES string of the molecule is COC1(c2noc(C3CNc4ccccc43)n2)CCC1. The molecule has 1 aliphatic heterocycles. The molecule has 0 saturated heterocycles. The molecule has 0 bridgehead atoms. The van der Waals surface area contributed by atoms with Crippen molar-refractivity contribution in [2.45, 2.75) is 30.8 Å². The van der Waals surface area contributed by atoms with Crippen LogP contribution in [0.2, 0.25) is 0 Å². The second kappa shape index (κ2) is 4.31. The molecule has 1 fully saturated rings. The fraction of sp³-hybridized carbons (Fsp3) is 0.467. The molecular weight excluding hydrogens is 254 g/mol. The van der Waals surface area contributed by atoms with Gasteiger partial charge in [0.2, 0.25) is 11.7 Å². The van der Waals surface area contributed by atoms with Crippen LogP contribution in [0.4, 0.5) is 5.69 Å². The Morgan fingerprint density at radius 2 is 2.20 bits per heavy atom. The minimum absolute atomic E-state index is 0.140. The molecule has 20 heavy (non-hydrogen) atoms. The van der Waals surface area contributed by atoms with Crippen molar-refractivity contribution in [2.75, 3.05) is 19.0 Å². The lowest BCUT2D eigenvalue weighted by atomic mass is 9.79. The maximum Gasteiger partial charge on any atom is 0.236 e. The number of anilines is 1. The molecule has 0 radical (unpaired) electrons. The van der Waals surface area contributed by atoms with E-state index in [4.69, 9.17) is 9.26 Å². The molecule has 0 amide bonds. The Balaban J connectivity index is 1.67. The topological polar surface area (TPSA) is 60.2 Å². The highest BCUT2D eigenvalue weighted by Gasteiger charge is 2.44. The Morgan fingerprint density at radius 1 is 1.35 bits per heavy atom. The largest absolute Gasteiger partial charge is 0.384 e. The summed E-state index contributed by atoms with van der Waals surface area (Å²) in [5, 5.41) is 7.54. The minimum Gasteiger partial charge on any atom is -0.384 e. The van der Waals surface area contributed by atoms with Crippen molar-refractivity contribution < 1.29 is 9.26 Å². The summed E-state index contributed by atoms with van der Waals surface area (Å²) in [7, 11) is 1.72. The van der Waals surface area contributed by atoms with Crippen LogP contribution in [0, 0.1) is 0 Å². The van der Waals surface area contributed by atoms with Crippen LogP contribution < -0.4 is 5.32 Å². The number of aromatic nitrogens is 2. The number of rotatable bonds is 3. The summed E-state index contributed by atoms with van der Waals surface area (Å²) in [6, 6.07) is 8.26. The molecule has 1 aromatic heterocycles. The molecule has 1 unspecified atom stereocenters. The van der Waals surface area contributed by atoms with E-state index in [1.807, 2.05) is 12.1 Å². The maximum atomic E-state index is 5.60. The quantitative estimate of drug-likeness (QED) is 0.930. The van der Waals surface area contributed by atoms with Crippen molar-refractivity contribution >= 4 is 5.69 Å². The van der Waals surface area contributed by atoms with E-state index in [-0.39, 0.29) is 11.5 Å². The predicted octanol–water partition coefficient (Wildman–Crippen LogP) is 2.65. The lowest BCUT2D eigenvalue weighted by Crippen LogP contribution is -2.37. The van der Waals surface area contributed by atoms with Crippen LogP contribution in [0.25, 0.3) is 0 Å². The van der Waals surface area contributed by atoms with E-state index in [0.29, 0.717) is 11.7 Å². The first-order chi connectivity index (χ1) is 9.82. The Morgan fingerprint density at radius 3 is 2.95 bits per heavy atom. The van der Waals surface area contributed by atoms with E-state index in [0.717, 1.165) is 31.5 Å². The van der Waals surface area contributed by atoms with Gasteiger partial charge in [0.05, 0.1) is 5.92 Å². The summed E-state index contributed by atoms with van der Waals surface area (Å²) in [5.41, 5.74) is 2.07. The zero-order valence-corrected chi connectivity index (χ0v) is 11.4. The van der Waals surface area contributed by atoms with Crippen LogP contribution in [0.1, 0.15) is 42.5 Å². The first-order valence-corrected chi connectivity index (χ1v) is 7.04. The molecule has 104 valence electrons. The van der Waals surface area contributed by atoms with E-state index < -0.39 is 0 Å². The van der Waals surface area contributed by atoms with Gasteiger partial charge < -0.3 is 14.6 Å². The van der Waals surface area contributed by atoms with E-state index >= 15 is 0 Å². The van der Waals surface area contributed by atoms with E-state index in [1.165, 1.54) is 5.56 Å². The van der Waals surface area contributed by atoms with Gasteiger partial charge in [-0.1, -0.05) is 23.4 Å². The maximum absolute atomic E-state index is 5.60. The van der Waals surface area contributed by atoms with Crippen molar-refractivity contribution in [3.8, 4) is 0 Å². The predicted molar refractivity (Wildman–Crippen MR) is 73.6 cm³/mol. The van der Waals surface area contributed by atoms with Gasteiger partial charge >= 0.3 is 0 Å². The molecule has 5 heteroatoms. The summed E-state index contributed by atoms with van der Waals surface area (Å²) in [5.74, 6) is 1.52. The zero-order chi connectivity index (χ0) is 13.6. The van der Waals surface area contributed by atoms with Gasteiger partial charge in [-0.25, -0.2) is 0 Å². The fourth-order valence-electron chi connectivity index (χ4n) is 3.08. The smallest absolute Gasteiger partial charge is 0.236 e. The van der Waals surface area contributed by atoms with Gasteiger partial charge in [-0.05, 0) is 30.9 Å². The number of nitrogens with one attached hydrogen (secondary N) is 1. The van der Waals surface area contributed by atoms with Crippen molar-refractivity contribution in [1.29, 1.82) is 0 Å². The number of ether oxygens (including phenoxy) is 1. The van der Waals surface area contributed by atoms with E-state index in [2.05, 4.69) is 27.6 Å². The van der Waals surface area contributed by atoms with Gasteiger partial charge in [-0.15, -0.1) is 0 Å². The Kier molecular flexibility index (Phi) is 2.57. The van der Waals surface area contributed by atoms with Gasteiger partial charge in [0, 0.05) is 19.3 Å². The number of para-hydroxylation sites is 1. The van der Waals surface area contributed by atoms with E-state index in [9.17, 15) is 0 Å². The monoisotopic (exact) mass is 271 g/mol. The molecule has 1 N–H and O–H groups in total. The van der Waals surface area contributed by atoms with Gasteiger partial charge in [0.15, 0.2) is 0 Å². The van der Waals surface area contributed by atoms with Gasteiger partial charge in [0.1, 0.15) is 5.60 Å². The molecule has 2 aromatic rings. The van der Waals surface area contributed by atoms with Gasteiger partial charge in [0.25, 0.3) is 0 Å². The first-order valence-electron chi connectivity index (χ1n) is 7.04. The third kappa shape index (κ3) is 1.59. The molecule has 0 spiro atoms. The van der Waals surface area contributed by atoms with Gasteiger partial charge in [-0.2, -0.15) is 4.98 Å². The minimum atomic E-state index is -0.312. The second-order valence-corrected chi connectivity index (χ2v) is 5.53. The van der Waals surface area contributed by atoms with Crippen LogP contribution in [-0.2, 0) is 10.3 Å². The van der Waals surface area contributed by atoms with Crippen LogP contribution in [0.15, 0.2) is 28.8 Å². The summed E-state index contributed by atoms with van der Waals surface area (Å²) in [4.78, 5) is 4.61. The lowest BCUT2D eigenvalue weighted by molar-refractivity contribution is -0.0858. The third-order valence-electron chi connectivity index (χ3n) is 4.53. The van der Waals surface area contributed by atoms with Crippen molar-refractivity contribution in [2.24, 2.45) is 0 Å². The molecular formula is C15H17N3O2. The summed E-state index contributed by atoms with van der Waals surface area (Å²) in [6.45, 7) is 0.807. The zero-order valence-electron chi connectivity index (χ0n) is 11.4. The average molecular weight is 271 g/mol. The van der Waals surface area contributed by atoms with Crippen LogP contribution in [0.5, 0.6) is 0 Å². The second-order valence-electron chi connectivity index (χ2n) is 5.53. The molecule has 5 nitrogen and oxygen atoms in total. The van der Waals surface area contributed by atoms with Crippen molar-refractivity contribution in [3.05, 3.63) is 41.5 Å². The molecule has 1 saturated carbocycles. The van der Waals surface area contributed by atoms with Crippen LogP contribution >= 0.6 is 0 Å². The molecule has 2 aliphatic rings. The Bertz CT molecular complexity index is 628.